The van der Waals surface area contributed by atoms with Crippen LogP contribution in [0.5, 0.6) is 0 Å². The second-order valence-electron chi connectivity index (χ2n) is 7.39. The van der Waals surface area contributed by atoms with Crippen molar-refractivity contribution in [1.29, 1.82) is 0 Å². The molecule has 0 aromatic carbocycles. The minimum Gasteiger partial charge on any atom is -0.466 e. The van der Waals surface area contributed by atoms with Gasteiger partial charge in [-0.15, -0.1) is 0 Å². The van der Waals surface area contributed by atoms with E-state index < -0.39 is 0 Å². The summed E-state index contributed by atoms with van der Waals surface area (Å²) in [6.07, 6.45) is 18.7. The monoisotopic (exact) mass is 400 g/mol. The van der Waals surface area contributed by atoms with Crippen LogP contribution in [0.4, 0.5) is 0 Å². The molecule has 168 valence electrons. The van der Waals surface area contributed by atoms with Crippen LogP contribution in [0.2, 0.25) is 0 Å². The zero-order valence-corrected chi connectivity index (χ0v) is 19.4. The molecule has 0 rings (SSSR count). The number of rotatable bonds is 18. The van der Waals surface area contributed by atoms with Crippen molar-refractivity contribution < 1.29 is 19.1 Å². The normalized spacial score (nSPS) is 10.1. The zero-order chi connectivity index (χ0) is 21.3. The summed E-state index contributed by atoms with van der Waals surface area (Å²) in [5, 5.41) is 0. The predicted molar refractivity (Wildman–Crippen MR) is 118 cm³/mol. The SMILES string of the molecule is CCCCCCCCCOC(=O)CC.CCCCCCCCCOC(=O)CC. The fraction of sp³-hybridized carbons (Fsp3) is 0.917. The van der Waals surface area contributed by atoms with Crippen LogP contribution in [-0.4, -0.2) is 25.2 Å². The lowest BCUT2D eigenvalue weighted by molar-refractivity contribution is -0.144. The zero-order valence-electron chi connectivity index (χ0n) is 19.4. The first-order chi connectivity index (χ1) is 13.6. The molecular formula is C24H48O4. The second-order valence-corrected chi connectivity index (χ2v) is 7.39. The Morgan fingerprint density at radius 2 is 0.750 bits per heavy atom. The molecule has 0 aromatic rings. The highest BCUT2D eigenvalue weighted by Crippen LogP contribution is 2.07. The Morgan fingerprint density at radius 3 is 1.04 bits per heavy atom. The van der Waals surface area contributed by atoms with E-state index in [9.17, 15) is 9.59 Å². The molecule has 0 atom stereocenters. The first-order valence-electron chi connectivity index (χ1n) is 11.9. The van der Waals surface area contributed by atoms with E-state index in [0.717, 1.165) is 12.8 Å². The van der Waals surface area contributed by atoms with Gasteiger partial charge in [0.15, 0.2) is 0 Å². The number of carbonyl (C=O) groups excluding carboxylic acids is 2. The van der Waals surface area contributed by atoms with Gasteiger partial charge < -0.3 is 9.47 Å². The number of esters is 2. The number of carbonyl (C=O) groups is 2. The average Bonchev–Trinajstić information content (AvgIpc) is 2.72. The second kappa shape index (κ2) is 25.9. The molecule has 4 heteroatoms. The summed E-state index contributed by atoms with van der Waals surface area (Å²) in [4.78, 5) is 21.5. The van der Waals surface area contributed by atoms with E-state index in [-0.39, 0.29) is 11.9 Å². The molecule has 4 nitrogen and oxygen atoms in total. The lowest BCUT2D eigenvalue weighted by atomic mass is 10.1. The first-order valence-corrected chi connectivity index (χ1v) is 11.9. The van der Waals surface area contributed by atoms with Crippen LogP contribution in [0.15, 0.2) is 0 Å². The maximum Gasteiger partial charge on any atom is 0.305 e. The Labute approximate surface area is 175 Å². The maximum atomic E-state index is 10.8. The lowest BCUT2D eigenvalue weighted by Gasteiger charge is -2.02. The molecule has 0 bridgehead atoms. The molecule has 0 aliphatic heterocycles. The van der Waals surface area contributed by atoms with Crippen LogP contribution in [-0.2, 0) is 19.1 Å². The van der Waals surface area contributed by atoms with Crippen molar-refractivity contribution in [3.05, 3.63) is 0 Å². The fourth-order valence-corrected chi connectivity index (χ4v) is 2.69. The van der Waals surface area contributed by atoms with E-state index in [1.807, 2.05) is 13.8 Å². The van der Waals surface area contributed by atoms with E-state index >= 15 is 0 Å². The van der Waals surface area contributed by atoms with Gasteiger partial charge in [0, 0.05) is 12.8 Å². The molecule has 0 fully saturated rings. The Hall–Kier alpha value is -1.06. The number of ether oxygens (including phenoxy) is 2. The summed E-state index contributed by atoms with van der Waals surface area (Å²) >= 11 is 0. The van der Waals surface area contributed by atoms with Crippen molar-refractivity contribution in [2.24, 2.45) is 0 Å². The van der Waals surface area contributed by atoms with Crippen molar-refractivity contribution in [3.8, 4) is 0 Å². The summed E-state index contributed by atoms with van der Waals surface area (Å²) in [6, 6.07) is 0. The Bertz CT molecular complexity index is 297. The minimum atomic E-state index is -0.0732. The highest BCUT2D eigenvalue weighted by atomic mass is 16.5. The molecule has 0 saturated heterocycles. The van der Waals surface area contributed by atoms with Crippen molar-refractivity contribution in [1.82, 2.24) is 0 Å². The predicted octanol–water partition coefficient (Wildman–Crippen LogP) is 7.38. The van der Waals surface area contributed by atoms with Crippen molar-refractivity contribution in [3.63, 3.8) is 0 Å². The van der Waals surface area contributed by atoms with Gasteiger partial charge in [0.1, 0.15) is 0 Å². The Kier molecular flexibility index (Phi) is 27.0. The third-order valence-corrected chi connectivity index (χ3v) is 4.60. The third kappa shape index (κ3) is 27.2. The summed E-state index contributed by atoms with van der Waals surface area (Å²) < 4.78 is 9.96. The molecule has 0 N–H and O–H groups in total. The van der Waals surface area contributed by atoms with E-state index in [1.165, 1.54) is 77.0 Å². The summed E-state index contributed by atoms with van der Waals surface area (Å²) in [7, 11) is 0. The van der Waals surface area contributed by atoms with Gasteiger partial charge >= 0.3 is 11.9 Å². The van der Waals surface area contributed by atoms with Crippen molar-refractivity contribution in [2.45, 2.75) is 130 Å². The summed E-state index contributed by atoms with van der Waals surface area (Å²) in [6.45, 7) is 9.33. The van der Waals surface area contributed by atoms with Gasteiger partial charge in [0.2, 0.25) is 0 Å². The van der Waals surface area contributed by atoms with Crippen LogP contribution >= 0.6 is 0 Å². The number of hydrogen-bond acceptors (Lipinski definition) is 4. The van der Waals surface area contributed by atoms with Gasteiger partial charge in [-0.3, -0.25) is 9.59 Å². The molecule has 0 heterocycles. The number of hydrogen-bond donors (Lipinski definition) is 0. The molecule has 0 spiro atoms. The molecular weight excluding hydrogens is 352 g/mol. The van der Waals surface area contributed by atoms with Crippen LogP contribution < -0.4 is 0 Å². The molecule has 0 saturated carbocycles. The number of unbranched alkanes of at least 4 members (excludes halogenated alkanes) is 12. The lowest BCUT2D eigenvalue weighted by Crippen LogP contribution is -2.03. The van der Waals surface area contributed by atoms with E-state index in [2.05, 4.69) is 13.8 Å². The summed E-state index contributed by atoms with van der Waals surface area (Å²) in [5.74, 6) is -0.146. The standard InChI is InChI=1S/2C12H24O2/c2*1-3-5-6-7-8-9-10-11-14-12(13)4-2/h2*3-11H2,1-2H3. The molecule has 28 heavy (non-hydrogen) atoms. The van der Waals surface area contributed by atoms with Crippen molar-refractivity contribution >= 4 is 11.9 Å². The molecule has 0 radical (unpaired) electrons. The van der Waals surface area contributed by atoms with E-state index in [0.29, 0.717) is 26.1 Å². The fourth-order valence-electron chi connectivity index (χ4n) is 2.69. The van der Waals surface area contributed by atoms with Crippen LogP contribution in [0.3, 0.4) is 0 Å². The highest BCUT2D eigenvalue weighted by molar-refractivity contribution is 5.69. The van der Waals surface area contributed by atoms with Gasteiger partial charge in [-0.2, -0.15) is 0 Å². The van der Waals surface area contributed by atoms with Gasteiger partial charge in [-0.1, -0.05) is 105 Å². The van der Waals surface area contributed by atoms with E-state index in [1.54, 1.807) is 0 Å². The first kappa shape index (κ1) is 29.1. The quantitative estimate of drug-likeness (QED) is 0.178. The van der Waals surface area contributed by atoms with Crippen LogP contribution in [0, 0.1) is 0 Å². The smallest absolute Gasteiger partial charge is 0.305 e. The van der Waals surface area contributed by atoms with Gasteiger partial charge in [-0.05, 0) is 12.8 Å². The van der Waals surface area contributed by atoms with Crippen LogP contribution in [0.1, 0.15) is 130 Å². The van der Waals surface area contributed by atoms with Gasteiger partial charge in [0.05, 0.1) is 13.2 Å². The van der Waals surface area contributed by atoms with Crippen molar-refractivity contribution in [2.75, 3.05) is 13.2 Å². The maximum absolute atomic E-state index is 10.8. The van der Waals surface area contributed by atoms with Gasteiger partial charge in [-0.25, -0.2) is 0 Å². The molecule has 0 amide bonds. The molecule has 0 unspecified atom stereocenters. The Balaban J connectivity index is 0. The summed E-state index contributed by atoms with van der Waals surface area (Å²) in [5.41, 5.74) is 0. The van der Waals surface area contributed by atoms with Gasteiger partial charge in [0.25, 0.3) is 0 Å². The third-order valence-electron chi connectivity index (χ3n) is 4.60. The van der Waals surface area contributed by atoms with E-state index in [4.69, 9.17) is 9.47 Å². The Morgan fingerprint density at radius 1 is 0.464 bits per heavy atom. The topological polar surface area (TPSA) is 52.6 Å². The molecule has 0 aliphatic carbocycles. The highest BCUT2D eigenvalue weighted by Gasteiger charge is 1.98. The molecule has 0 aromatic heterocycles. The largest absolute Gasteiger partial charge is 0.466 e. The molecule has 0 aliphatic rings. The van der Waals surface area contributed by atoms with Crippen LogP contribution in [0.25, 0.3) is 0 Å². The average molecular weight is 401 g/mol. The minimum absolute atomic E-state index is 0.0732.